The number of hydrogen-bond acceptors (Lipinski definition) is 4. The van der Waals surface area contributed by atoms with Crippen molar-refractivity contribution in [3.05, 3.63) is 51.2 Å². The first-order valence-electron chi connectivity index (χ1n) is 6.64. The molecule has 2 aromatic rings. The van der Waals surface area contributed by atoms with Crippen molar-refractivity contribution in [2.75, 3.05) is 12.4 Å². The fourth-order valence-corrected chi connectivity index (χ4v) is 2.99. The topological polar surface area (TPSA) is 55.4 Å². The average Bonchev–Trinajstić information content (AvgIpc) is 2.88. The molecule has 110 valence electrons. The van der Waals surface area contributed by atoms with Crippen molar-refractivity contribution in [1.82, 2.24) is 0 Å². The quantitative estimate of drug-likeness (QED) is 0.877. The van der Waals surface area contributed by atoms with E-state index < -0.39 is 5.97 Å². The number of carbonyl (C=O) groups excluding carboxylic acids is 2. The van der Waals surface area contributed by atoms with Gasteiger partial charge in [0.15, 0.2) is 0 Å². The molecule has 21 heavy (non-hydrogen) atoms. The van der Waals surface area contributed by atoms with Gasteiger partial charge in [-0.1, -0.05) is 6.92 Å². The summed E-state index contributed by atoms with van der Waals surface area (Å²) in [5, 5.41) is 2.83. The summed E-state index contributed by atoms with van der Waals surface area (Å²) in [5.41, 5.74) is 2.30. The van der Waals surface area contributed by atoms with Gasteiger partial charge in [-0.3, -0.25) is 4.79 Å². The van der Waals surface area contributed by atoms with E-state index >= 15 is 0 Å². The van der Waals surface area contributed by atoms with E-state index in [4.69, 9.17) is 0 Å². The summed E-state index contributed by atoms with van der Waals surface area (Å²) in [6.07, 6.45) is 0.920. The minimum Gasteiger partial charge on any atom is -0.465 e. The summed E-state index contributed by atoms with van der Waals surface area (Å²) in [6, 6.07) is 8.55. The van der Waals surface area contributed by atoms with Crippen LogP contribution in [0.3, 0.4) is 0 Å². The maximum absolute atomic E-state index is 12.2. The van der Waals surface area contributed by atoms with E-state index in [1.165, 1.54) is 28.9 Å². The first-order chi connectivity index (χ1) is 10.0. The third kappa shape index (κ3) is 3.49. The Bertz CT molecular complexity index is 659. The van der Waals surface area contributed by atoms with Crippen LogP contribution in [-0.2, 0) is 11.2 Å². The van der Waals surface area contributed by atoms with Crippen LogP contribution in [0.5, 0.6) is 0 Å². The van der Waals surface area contributed by atoms with Crippen molar-refractivity contribution in [2.24, 2.45) is 0 Å². The first kappa shape index (κ1) is 15.3. The van der Waals surface area contributed by atoms with Gasteiger partial charge in [0.2, 0.25) is 0 Å². The molecule has 0 atom stereocenters. The van der Waals surface area contributed by atoms with E-state index in [1.807, 2.05) is 13.0 Å². The summed E-state index contributed by atoms with van der Waals surface area (Å²) >= 11 is 1.49. The van der Waals surface area contributed by atoms with E-state index in [0.29, 0.717) is 16.1 Å². The Kier molecular flexibility index (Phi) is 4.75. The zero-order valence-corrected chi connectivity index (χ0v) is 13.0. The number of carbonyl (C=O) groups is 2. The zero-order valence-electron chi connectivity index (χ0n) is 12.2. The minimum absolute atomic E-state index is 0.131. The number of rotatable bonds is 4. The van der Waals surface area contributed by atoms with Crippen LogP contribution in [0, 0.1) is 6.92 Å². The largest absolute Gasteiger partial charge is 0.465 e. The smallest absolute Gasteiger partial charge is 0.337 e. The van der Waals surface area contributed by atoms with Crippen LogP contribution >= 0.6 is 11.3 Å². The number of thiophene rings is 1. The van der Waals surface area contributed by atoms with Crippen LogP contribution in [0.2, 0.25) is 0 Å². The Morgan fingerprint density at radius 3 is 2.43 bits per heavy atom. The molecule has 0 aliphatic carbocycles. The van der Waals surface area contributed by atoms with E-state index in [1.54, 1.807) is 24.3 Å². The second kappa shape index (κ2) is 6.54. The van der Waals surface area contributed by atoms with Gasteiger partial charge >= 0.3 is 5.97 Å². The minimum atomic E-state index is -0.394. The lowest BCUT2D eigenvalue weighted by molar-refractivity contribution is 0.0600. The number of nitrogens with one attached hydrogen (secondary N) is 1. The normalized spacial score (nSPS) is 10.2. The van der Waals surface area contributed by atoms with Gasteiger partial charge in [0.1, 0.15) is 0 Å². The summed E-state index contributed by atoms with van der Waals surface area (Å²) in [5.74, 6) is -0.525. The molecule has 0 aliphatic heterocycles. The Morgan fingerprint density at radius 1 is 1.24 bits per heavy atom. The zero-order chi connectivity index (χ0) is 15.4. The molecule has 0 saturated carbocycles. The van der Waals surface area contributed by atoms with Crippen molar-refractivity contribution < 1.29 is 14.3 Å². The molecule has 1 amide bonds. The van der Waals surface area contributed by atoms with Gasteiger partial charge in [0.05, 0.1) is 17.6 Å². The van der Waals surface area contributed by atoms with Gasteiger partial charge in [-0.2, -0.15) is 0 Å². The van der Waals surface area contributed by atoms with Crippen LogP contribution < -0.4 is 5.32 Å². The monoisotopic (exact) mass is 303 g/mol. The van der Waals surface area contributed by atoms with Crippen LogP contribution in [0.1, 0.15) is 37.4 Å². The highest BCUT2D eigenvalue weighted by molar-refractivity contribution is 7.14. The lowest BCUT2D eigenvalue weighted by Gasteiger charge is -2.04. The van der Waals surface area contributed by atoms with Gasteiger partial charge in [-0.25, -0.2) is 4.79 Å². The maximum atomic E-state index is 12.2. The van der Waals surface area contributed by atoms with E-state index in [-0.39, 0.29) is 5.91 Å². The van der Waals surface area contributed by atoms with Gasteiger partial charge in [0.25, 0.3) is 5.91 Å². The molecule has 1 N–H and O–H groups in total. The standard InChI is InChI=1S/C16H17NO3S/c1-4-11-9-14(21-10(11)2)15(18)17-13-7-5-12(6-8-13)16(19)20-3/h5-9H,4H2,1-3H3,(H,17,18). The molecule has 1 aromatic heterocycles. The van der Waals surface area contributed by atoms with E-state index in [9.17, 15) is 9.59 Å². The lowest BCUT2D eigenvalue weighted by atomic mass is 10.2. The Hall–Kier alpha value is -2.14. The lowest BCUT2D eigenvalue weighted by Crippen LogP contribution is -2.10. The Balaban J connectivity index is 2.10. The number of anilines is 1. The summed E-state index contributed by atoms with van der Waals surface area (Å²) in [7, 11) is 1.34. The predicted molar refractivity (Wildman–Crippen MR) is 84.2 cm³/mol. The van der Waals surface area contributed by atoms with Crippen LogP contribution in [-0.4, -0.2) is 19.0 Å². The molecule has 0 aliphatic rings. The van der Waals surface area contributed by atoms with Crippen molar-refractivity contribution in [3.63, 3.8) is 0 Å². The highest BCUT2D eigenvalue weighted by atomic mass is 32.1. The highest BCUT2D eigenvalue weighted by Gasteiger charge is 2.12. The first-order valence-corrected chi connectivity index (χ1v) is 7.45. The van der Waals surface area contributed by atoms with Gasteiger partial charge in [-0.15, -0.1) is 11.3 Å². The summed E-state index contributed by atoms with van der Waals surface area (Å²) < 4.78 is 4.63. The van der Waals surface area contributed by atoms with E-state index in [2.05, 4.69) is 17.0 Å². The molecule has 5 heteroatoms. The molecule has 0 bridgehead atoms. The SMILES string of the molecule is CCc1cc(C(=O)Nc2ccc(C(=O)OC)cc2)sc1C. The van der Waals surface area contributed by atoms with Crippen LogP contribution in [0.25, 0.3) is 0 Å². The number of ether oxygens (including phenoxy) is 1. The molecular weight excluding hydrogens is 286 g/mol. The van der Waals surface area contributed by atoms with Crippen LogP contribution in [0.15, 0.2) is 30.3 Å². The van der Waals surface area contributed by atoms with Crippen molar-refractivity contribution >= 4 is 28.9 Å². The number of aryl methyl sites for hydroxylation is 2. The van der Waals surface area contributed by atoms with Crippen molar-refractivity contribution in [1.29, 1.82) is 0 Å². The third-order valence-corrected chi connectivity index (χ3v) is 4.28. The highest BCUT2D eigenvalue weighted by Crippen LogP contribution is 2.23. The molecule has 0 saturated heterocycles. The molecule has 0 fully saturated rings. The van der Waals surface area contributed by atoms with Crippen molar-refractivity contribution in [2.45, 2.75) is 20.3 Å². The van der Waals surface area contributed by atoms with Gasteiger partial charge in [-0.05, 0) is 49.2 Å². The Labute approximate surface area is 127 Å². The number of esters is 1. The predicted octanol–water partition coefficient (Wildman–Crippen LogP) is 3.66. The summed E-state index contributed by atoms with van der Waals surface area (Å²) in [6.45, 7) is 4.09. The fourth-order valence-electron chi connectivity index (χ4n) is 1.98. The van der Waals surface area contributed by atoms with E-state index in [0.717, 1.165) is 6.42 Å². The molecular formula is C16H17NO3S. The number of amides is 1. The molecule has 2 rings (SSSR count). The molecule has 0 spiro atoms. The molecule has 4 nitrogen and oxygen atoms in total. The van der Waals surface area contributed by atoms with Crippen LogP contribution in [0.4, 0.5) is 5.69 Å². The number of methoxy groups -OCH3 is 1. The summed E-state index contributed by atoms with van der Waals surface area (Å²) in [4.78, 5) is 25.4. The molecule has 0 unspecified atom stereocenters. The maximum Gasteiger partial charge on any atom is 0.337 e. The number of benzene rings is 1. The molecule has 0 radical (unpaired) electrons. The molecule has 1 heterocycles. The average molecular weight is 303 g/mol. The fraction of sp³-hybridized carbons (Fsp3) is 0.250. The van der Waals surface area contributed by atoms with Gasteiger partial charge in [0, 0.05) is 10.6 Å². The Morgan fingerprint density at radius 2 is 1.90 bits per heavy atom. The van der Waals surface area contributed by atoms with Gasteiger partial charge < -0.3 is 10.1 Å². The molecule has 1 aromatic carbocycles. The second-order valence-corrected chi connectivity index (χ2v) is 5.83. The second-order valence-electron chi connectivity index (χ2n) is 4.57. The third-order valence-electron chi connectivity index (χ3n) is 3.19. The number of hydrogen-bond donors (Lipinski definition) is 1. The van der Waals surface area contributed by atoms with Crippen molar-refractivity contribution in [3.8, 4) is 0 Å².